The minimum Gasteiger partial charge on any atom is -0.229 e. The van der Waals surface area contributed by atoms with Gasteiger partial charge in [0.15, 0.2) is 4.34 Å². The van der Waals surface area contributed by atoms with Gasteiger partial charge in [-0.25, -0.2) is 15.0 Å². The van der Waals surface area contributed by atoms with Crippen LogP contribution in [0.15, 0.2) is 22.0 Å². The van der Waals surface area contributed by atoms with Crippen molar-refractivity contribution in [3.8, 4) is 0 Å². The van der Waals surface area contributed by atoms with E-state index in [2.05, 4.69) is 19.3 Å². The van der Waals surface area contributed by atoms with Crippen LogP contribution in [0, 0.1) is 0 Å². The average molecular weight is 259 g/mol. The van der Waals surface area contributed by atoms with Crippen LogP contribution in [-0.2, 0) is 6.42 Å². The minimum absolute atomic E-state index is 0.513. The van der Waals surface area contributed by atoms with Crippen molar-refractivity contribution in [3.05, 3.63) is 23.4 Å². The third-order valence-electron chi connectivity index (χ3n) is 1.73. The molecule has 0 saturated carbocycles. The van der Waals surface area contributed by atoms with Crippen LogP contribution in [0.2, 0.25) is 5.15 Å². The number of hydrogen-bond acceptors (Lipinski definition) is 6. The Labute approximate surface area is 100 Å². The highest BCUT2D eigenvalue weighted by molar-refractivity contribution is 8.00. The molecule has 0 fully saturated rings. The first kappa shape index (κ1) is 10.8. The molecule has 2 aromatic heterocycles. The molecule has 0 aliphatic rings. The first-order chi connectivity index (χ1) is 7.31. The van der Waals surface area contributed by atoms with Crippen LogP contribution < -0.4 is 0 Å². The fourth-order valence-electron chi connectivity index (χ4n) is 1.05. The molecule has 2 heterocycles. The summed E-state index contributed by atoms with van der Waals surface area (Å²) in [6.45, 7) is 2.02. The van der Waals surface area contributed by atoms with Gasteiger partial charge in [0.2, 0.25) is 0 Å². The summed E-state index contributed by atoms with van der Waals surface area (Å²) in [5, 5.41) is 1.37. The number of nitrogens with zero attached hydrogens (tertiary/aromatic N) is 4. The second kappa shape index (κ2) is 4.87. The van der Waals surface area contributed by atoms with E-state index in [1.54, 1.807) is 0 Å². The lowest BCUT2D eigenvalue weighted by atomic mass is 10.3. The van der Waals surface area contributed by atoms with Crippen molar-refractivity contribution in [1.82, 2.24) is 19.3 Å². The van der Waals surface area contributed by atoms with E-state index in [9.17, 15) is 0 Å². The van der Waals surface area contributed by atoms with Gasteiger partial charge in [-0.1, -0.05) is 18.5 Å². The molecule has 2 rings (SSSR count). The Morgan fingerprint density at radius 1 is 1.33 bits per heavy atom. The molecule has 0 N–H and O–H groups in total. The second-order valence-corrected chi connectivity index (χ2v) is 4.99. The Balaban J connectivity index is 2.32. The summed E-state index contributed by atoms with van der Waals surface area (Å²) in [6.07, 6.45) is 3.80. The molecule has 0 spiro atoms. The summed E-state index contributed by atoms with van der Waals surface area (Å²) < 4.78 is 4.79. The molecule has 0 aromatic carbocycles. The standard InChI is InChI=1S/C8H7ClN4S2/c1-2-5-6(9)10-3-11-7(5)14-8-12-4-13-15-8/h3-4H,2H2,1H3. The first-order valence-corrected chi connectivity index (χ1v) is 6.22. The first-order valence-electron chi connectivity index (χ1n) is 4.25. The van der Waals surface area contributed by atoms with Gasteiger partial charge in [0, 0.05) is 5.56 Å². The second-order valence-electron chi connectivity index (χ2n) is 2.61. The third-order valence-corrected chi connectivity index (χ3v) is 3.82. The van der Waals surface area contributed by atoms with Crippen molar-refractivity contribution >= 4 is 34.9 Å². The van der Waals surface area contributed by atoms with E-state index >= 15 is 0 Å². The number of aromatic nitrogens is 4. The molecule has 0 bridgehead atoms. The molecular weight excluding hydrogens is 252 g/mol. The van der Waals surface area contributed by atoms with Crippen molar-refractivity contribution in [1.29, 1.82) is 0 Å². The normalized spacial score (nSPS) is 10.5. The monoisotopic (exact) mass is 258 g/mol. The van der Waals surface area contributed by atoms with E-state index in [4.69, 9.17) is 11.6 Å². The van der Waals surface area contributed by atoms with Crippen LogP contribution >= 0.6 is 34.9 Å². The highest BCUT2D eigenvalue weighted by atomic mass is 35.5. The number of rotatable bonds is 3. The number of hydrogen-bond donors (Lipinski definition) is 0. The van der Waals surface area contributed by atoms with E-state index in [-0.39, 0.29) is 0 Å². The summed E-state index contributed by atoms with van der Waals surface area (Å²) in [6, 6.07) is 0. The van der Waals surface area contributed by atoms with Gasteiger partial charge >= 0.3 is 0 Å². The summed E-state index contributed by atoms with van der Waals surface area (Å²) in [4.78, 5) is 12.2. The molecule has 15 heavy (non-hydrogen) atoms. The SMILES string of the molecule is CCc1c(Cl)ncnc1Sc1ncns1. The Morgan fingerprint density at radius 3 is 2.87 bits per heavy atom. The van der Waals surface area contributed by atoms with Crippen molar-refractivity contribution in [2.24, 2.45) is 0 Å². The van der Waals surface area contributed by atoms with Gasteiger partial charge in [0.25, 0.3) is 0 Å². The predicted octanol–water partition coefficient (Wildman–Crippen LogP) is 2.70. The van der Waals surface area contributed by atoms with Gasteiger partial charge in [0.05, 0.1) is 0 Å². The zero-order valence-electron chi connectivity index (χ0n) is 7.85. The highest BCUT2D eigenvalue weighted by Gasteiger charge is 2.10. The largest absolute Gasteiger partial charge is 0.229 e. The molecule has 4 nitrogen and oxygen atoms in total. The number of halogens is 1. The zero-order valence-corrected chi connectivity index (χ0v) is 10.2. The summed E-state index contributed by atoms with van der Waals surface area (Å²) in [7, 11) is 0. The maximum atomic E-state index is 5.97. The average Bonchev–Trinajstić information content (AvgIpc) is 2.71. The molecule has 0 saturated heterocycles. The van der Waals surface area contributed by atoms with Crippen molar-refractivity contribution < 1.29 is 0 Å². The Morgan fingerprint density at radius 2 is 2.20 bits per heavy atom. The fraction of sp³-hybridized carbons (Fsp3) is 0.250. The van der Waals surface area contributed by atoms with Gasteiger partial charge in [-0.05, 0) is 29.7 Å². The van der Waals surface area contributed by atoms with Crippen LogP contribution in [0.5, 0.6) is 0 Å². The van der Waals surface area contributed by atoms with E-state index in [0.29, 0.717) is 5.15 Å². The van der Waals surface area contributed by atoms with E-state index in [0.717, 1.165) is 21.3 Å². The van der Waals surface area contributed by atoms with Crippen LogP contribution in [0.3, 0.4) is 0 Å². The molecule has 0 atom stereocenters. The van der Waals surface area contributed by atoms with Crippen LogP contribution in [0.25, 0.3) is 0 Å². The van der Waals surface area contributed by atoms with Crippen molar-refractivity contribution in [3.63, 3.8) is 0 Å². The molecule has 0 radical (unpaired) electrons. The van der Waals surface area contributed by atoms with Gasteiger partial charge in [0.1, 0.15) is 22.8 Å². The highest BCUT2D eigenvalue weighted by Crippen LogP contribution is 2.31. The molecule has 0 aliphatic heterocycles. The smallest absolute Gasteiger partial charge is 0.176 e. The lowest BCUT2D eigenvalue weighted by molar-refractivity contribution is 0.943. The summed E-state index contributed by atoms with van der Waals surface area (Å²) >= 11 is 8.78. The van der Waals surface area contributed by atoms with Gasteiger partial charge in [-0.3, -0.25) is 0 Å². The minimum atomic E-state index is 0.513. The molecule has 0 unspecified atom stereocenters. The molecular formula is C8H7ClN4S2. The molecule has 7 heteroatoms. The zero-order chi connectivity index (χ0) is 10.7. The topological polar surface area (TPSA) is 51.6 Å². The lowest BCUT2D eigenvalue weighted by Crippen LogP contribution is -1.93. The van der Waals surface area contributed by atoms with Crippen molar-refractivity contribution in [2.45, 2.75) is 22.7 Å². The van der Waals surface area contributed by atoms with Gasteiger partial charge < -0.3 is 0 Å². The van der Waals surface area contributed by atoms with Gasteiger partial charge in [-0.15, -0.1) is 0 Å². The summed E-state index contributed by atoms with van der Waals surface area (Å²) in [5.74, 6) is 0. The Bertz CT molecular complexity index is 446. The van der Waals surface area contributed by atoms with Crippen molar-refractivity contribution in [2.75, 3.05) is 0 Å². The van der Waals surface area contributed by atoms with E-state index in [1.165, 1.54) is 35.9 Å². The summed E-state index contributed by atoms with van der Waals surface area (Å²) in [5.41, 5.74) is 0.958. The molecule has 78 valence electrons. The Hall–Kier alpha value is -0.720. The fourth-order valence-corrected chi connectivity index (χ4v) is 2.90. The van der Waals surface area contributed by atoms with Crippen LogP contribution in [-0.4, -0.2) is 19.3 Å². The quantitative estimate of drug-likeness (QED) is 0.793. The lowest BCUT2D eigenvalue weighted by Gasteiger charge is -2.04. The Kier molecular flexibility index (Phi) is 3.50. The predicted molar refractivity (Wildman–Crippen MR) is 60.5 cm³/mol. The molecule has 2 aromatic rings. The maximum absolute atomic E-state index is 5.97. The van der Waals surface area contributed by atoms with E-state index < -0.39 is 0 Å². The van der Waals surface area contributed by atoms with E-state index in [1.807, 2.05) is 6.92 Å². The van der Waals surface area contributed by atoms with Crippen LogP contribution in [0.4, 0.5) is 0 Å². The third kappa shape index (κ3) is 2.45. The molecule has 0 aliphatic carbocycles. The van der Waals surface area contributed by atoms with Gasteiger partial charge in [-0.2, -0.15) is 4.37 Å². The van der Waals surface area contributed by atoms with Crippen LogP contribution in [0.1, 0.15) is 12.5 Å². The maximum Gasteiger partial charge on any atom is 0.176 e. The molecule has 0 amide bonds.